The van der Waals surface area contributed by atoms with E-state index < -0.39 is 55.5 Å². The highest BCUT2D eigenvalue weighted by Crippen LogP contribution is 2.77. The van der Waals surface area contributed by atoms with Gasteiger partial charge < -0.3 is 0 Å². The third-order valence-corrected chi connectivity index (χ3v) is 12.1. The summed E-state index contributed by atoms with van der Waals surface area (Å²) >= 11 is 45.8. The van der Waals surface area contributed by atoms with Crippen LogP contribution in [-0.4, -0.2) is 53.6 Å². The highest BCUT2D eigenvalue weighted by molar-refractivity contribution is 6.66. The molecule has 1 saturated heterocycles. The van der Waals surface area contributed by atoms with Crippen LogP contribution in [0.25, 0.3) is 0 Å². The summed E-state index contributed by atoms with van der Waals surface area (Å²) in [6.07, 6.45) is 0. The number of fused-ring (bicyclic) bond motifs is 5. The van der Waals surface area contributed by atoms with E-state index in [4.69, 9.17) is 81.2 Å². The molecule has 5 rings (SSSR count). The number of hydrogen-bond donors (Lipinski definition) is 0. The molecule has 0 aromatic heterocycles. The van der Waals surface area contributed by atoms with Gasteiger partial charge in [0.25, 0.3) is 17.7 Å². The molecule has 1 saturated carbocycles. The van der Waals surface area contributed by atoms with Crippen molar-refractivity contribution >= 4 is 105 Å². The van der Waals surface area contributed by atoms with E-state index in [9.17, 15) is 19.2 Å². The summed E-state index contributed by atoms with van der Waals surface area (Å²) in [5.74, 6) is -6.35. The first-order valence-electron chi connectivity index (χ1n) is 11.5. The minimum atomic E-state index is -2.15. The molecule has 2 aromatic rings. The fourth-order valence-corrected chi connectivity index (χ4v) is 8.61. The Labute approximate surface area is 258 Å². The first kappa shape index (κ1) is 29.0. The van der Waals surface area contributed by atoms with E-state index in [-0.39, 0.29) is 26.2 Å². The van der Waals surface area contributed by atoms with E-state index in [1.165, 1.54) is 19.1 Å². The van der Waals surface area contributed by atoms with Crippen molar-refractivity contribution < 1.29 is 19.2 Å². The Morgan fingerprint density at radius 1 is 0.846 bits per heavy atom. The van der Waals surface area contributed by atoms with Gasteiger partial charge in [0, 0.05) is 5.56 Å². The Morgan fingerprint density at radius 3 is 1.82 bits per heavy atom. The molecule has 1 heterocycles. The van der Waals surface area contributed by atoms with Crippen LogP contribution in [-0.2, 0) is 9.59 Å². The molecule has 3 aliphatic rings. The van der Waals surface area contributed by atoms with Gasteiger partial charge in [0.15, 0.2) is 10.1 Å². The lowest BCUT2D eigenvalue weighted by molar-refractivity contribution is -0.157. The number of ketones is 1. The fraction of sp³-hybridized carbons (Fsp3) is 0.308. The van der Waals surface area contributed by atoms with Crippen LogP contribution in [0, 0.1) is 18.8 Å². The van der Waals surface area contributed by atoms with Crippen LogP contribution < -0.4 is 0 Å². The van der Waals surface area contributed by atoms with Crippen molar-refractivity contribution in [3.05, 3.63) is 80.3 Å². The number of carbonyl (C=O) groups is 4. The molecule has 2 aromatic carbocycles. The van der Waals surface area contributed by atoms with E-state index in [0.29, 0.717) is 5.01 Å². The lowest BCUT2D eigenvalue weighted by atomic mass is 9.84. The average molecular weight is 670 g/mol. The molecular weight excluding hydrogens is 652 g/mol. The number of carbonyl (C=O) groups excluding carboxylic acids is 4. The van der Waals surface area contributed by atoms with E-state index >= 15 is 0 Å². The van der Waals surface area contributed by atoms with Gasteiger partial charge in [-0.15, -0.1) is 23.2 Å². The number of amides is 3. The first-order chi connectivity index (χ1) is 18.1. The zero-order valence-corrected chi connectivity index (χ0v) is 25.3. The second-order valence-corrected chi connectivity index (χ2v) is 13.3. The van der Waals surface area contributed by atoms with Crippen molar-refractivity contribution in [2.24, 2.45) is 11.8 Å². The number of hydrogen-bond acceptors (Lipinski definition) is 4. The van der Waals surface area contributed by atoms with Gasteiger partial charge in [-0.2, -0.15) is 5.01 Å². The first-order valence-corrected chi connectivity index (χ1v) is 14.2. The van der Waals surface area contributed by atoms with E-state index in [2.05, 4.69) is 0 Å². The Kier molecular flexibility index (Phi) is 7.08. The summed E-state index contributed by atoms with van der Waals surface area (Å²) in [4.78, 5) is 51.4. The van der Waals surface area contributed by atoms with Crippen LogP contribution in [0.5, 0.6) is 0 Å². The van der Waals surface area contributed by atoms with Crippen LogP contribution in [0.3, 0.4) is 0 Å². The van der Waals surface area contributed by atoms with Crippen LogP contribution in [0.4, 0.5) is 0 Å². The normalized spacial score (nSPS) is 29.6. The zero-order valence-electron chi connectivity index (χ0n) is 20.0. The molecular formula is C26H17Cl7N2O4. The van der Waals surface area contributed by atoms with Gasteiger partial charge in [-0.05, 0) is 26.0 Å². The number of alkyl halides is 4. The van der Waals surface area contributed by atoms with Crippen molar-refractivity contribution in [1.82, 2.24) is 10.0 Å². The van der Waals surface area contributed by atoms with E-state index in [1.54, 1.807) is 36.4 Å². The minimum absolute atomic E-state index is 0.0396. The number of aryl methyl sites for hydroxylation is 1. The molecule has 6 nitrogen and oxygen atoms in total. The Bertz CT molecular complexity index is 1450. The highest BCUT2D eigenvalue weighted by Gasteiger charge is 2.88. The van der Waals surface area contributed by atoms with Gasteiger partial charge in [0.1, 0.15) is 15.8 Å². The molecule has 1 aliphatic heterocycles. The van der Waals surface area contributed by atoms with Crippen molar-refractivity contribution in [1.29, 1.82) is 0 Å². The topological polar surface area (TPSA) is 74.8 Å². The van der Waals surface area contributed by atoms with Gasteiger partial charge in [-0.1, -0.05) is 100.0 Å². The second kappa shape index (κ2) is 9.52. The van der Waals surface area contributed by atoms with Crippen molar-refractivity contribution in [2.75, 3.05) is 0 Å². The van der Waals surface area contributed by atoms with Crippen molar-refractivity contribution in [3.8, 4) is 0 Å². The third kappa shape index (κ3) is 3.62. The molecule has 39 heavy (non-hydrogen) atoms. The summed E-state index contributed by atoms with van der Waals surface area (Å²) in [5, 5.41) is 0.816. The monoisotopic (exact) mass is 666 g/mol. The molecule has 0 N–H and O–H groups in total. The summed E-state index contributed by atoms with van der Waals surface area (Å²) in [5.41, 5.74) is 1.10. The Balaban J connectivity index is 1.65. The van der Waals surface area contributed by atoms with Gasteiger partial charge in [0.05, 0.1) is 32.5 Å². The predicted molar refractivity (Wildman–Crippen MR) is 152 cm³/mol. The zero-order chi connectivity index (χ0) is 28.8. The number of hydrazine groups is 1. The van der Waals surface area contributed by atoms with Crippen LogP contribution in [0.1, 0.15) is 33.2 Å². The summed E-state index contributed by atoms with van der Waals surface area (Å²) in [6.45, 7) is 3.24. The Morgan fingerprint density at radius 2 is 1.33 bits per heavy atom. The second-order valence-electron chi connectivity index (χ2n) is 9.61. The smallest absolute Gasteiger partial charge is 0.275 e. The quantitative estimate of drug-likeness (QED) is 0.201. The lowest BCUT2D eigenvalue weighted by Gasteiger charge is -2.38. The van der Waals surface area contributed by atoms with E-state index in [1.807, 2.05) is 6.92 Å². The summed E-state index contributed by atoms with van der Waals surface area (Å²) in [7, 11) is 0. The van der Waals surface area contributed by atoms with Gasteiger partial charge in [-0.25, -0.2) is 5.01 Å². The number of benzene rings is 2. The van der Waals surface area contributed by atoms with Gasteiger partial charge >= 0.3 is 0 Å². The number of allylic oxidation sites excluding steroid dienone is 2. The number of Topliss-reactive ketones (excluding diaryl/α,β-unsaturated/α-hetero) is 1. The van der Waals surface area contributed by atoms with Crippen molar-refractivity contribution in [3.63, 3.8) is 0 Å². The minimum Gasteiger partial charge on any atom is -0.292 e. The number of imide groups is 1. The molecule has 0 spiro atoms. The predicted octanol–water partition coefficient (Wildman–Crippen LogP) is 6.72. The number of rotatable bonds is 5. The molecule has 0 radical (unpaired) electrons. The maximum atomic E-state index is 14.0. The maximum Gasteiger partial charge on any atom is 0.275 e. The Hall–Kier alpha value is -1.51. The molecule has 5 atom stereocenters. The molecule has 2 fully saturated rings. The fourth-order valence-electron chi connectivity index (χ4n) is 5.46. The van der Waals surface area contributed by atoms with E-state index in [0.717, 1.165) is 10.6 Å². The van der Waals surface area contributed by atoms with Gasteiger partial charge in [-0.3, -0.25) is 19.2 Å². The summed E-state index contributed by atoms with van der Waals surface area (Å²) < 4.78 is -2.15. The molecule has 13 heteroatoms. The van der Waals surface area contributed by atoms with Crippen molar-refractivity contribution in [2.45, 2.75) is 34.0 Å². The number of nitrogens with zero attached hydrogens (tertiary/aromatic N) is 2. The largest absolute Gasteiger partial charge is 0.292 e. The number of halogens is 7. The molecule has 0 unspecified atom stereocenters. The lowest BCUT2D eigenvalue weighted by Crippen LogP contribution is -2.59. The maximum absolute atomic E-state index is 14.0. The third-order valence-electron chi connectivity index (χ3n) is 7.50. The standard InChI is InChI=1S/C26H17Cl7N2O4/c1-11-7-9-13(10-8-11)18(36)12(2)34(21(37)14-5-3-4-6-15(14)27)35-22(38)16-17(23(35)39)25(31)20(29)19(28)24(16,30)26(25,32)33/h3-10,12,16-17H,1-2H3/t12-,16-,17+,24+,25+/m0/s1. The van der Waals surface area contributed by atoms with Gasteiger partial charge in [0.2, 0.25) is 0 Å². The van der Waals surface area contributed by atoms with Crippen LogP contribution in [0.2, 0.25) is 5.02 Å². The average Bonchev–Trinajstić information content (AvgIpc) is 3.28. The summed E-state index contributed by atoms with van der Waals surface area (Å²) in [6, 6.07) is 11.3. The SMILES string of the molecule is Cc1ccc(C(=O)[C@H](C)N(C(=O)c2ccccc2Cl)N2C(=O)[C@@H]3[C@H](C2=O)[C@@]2(Cl)C(Cl)=C(Cl)[C@@]3(Cl)C2(Cl)Cl)cc1. The molecule has 2 aliphatic carbocycles. The molecule has 204 valence electrons. The van der Waals surface area contributed by atoms with Crippen LogP contribution >= 0.6 is 81.2 Å². The molecule has 3 amide bonds. The highest BCUT2D eigenvalue weighted by atomic mass is 35.5. The van der Waals surface area contributed by atoms with Crippen LogP contribution in [0.15, 0.2) is 58.6 Å². The molecule has 2 bridgehead atoms.